The quantitative estimate of drug-likeness (QED) is 0.646. The highest BCUT2D eigenvalue weighted by Crippen LogP contribution is 2.31. The summed E-state index contributed by atoms with van der Waals surface area (Å²) in [5, 5.41) is 10.6. The number of hydrogen-bond acceptors (Lipinski definition) is 2. The smallest absolute Gasteiger partial charge is 0.110 e. The molecule has 0 fully saturated rings. The van der Waals surface area contributed by atoms with Gasteiger partial charge >= 0.3 is 0 Å². The van der Waals surface area contributed by atoms with Crippen LogP contribution in [0.3, 0.4) is 0 Å². The Morgan fingerprint density at radius 2 is 2.23 bits per heavy atom. The molecule has 3 heteroatoms. The summed E-state index contributed by atoms with van der Waals surface area (Å²) >= 11 is 7.46. The molecule has 0 bridgehead atoms. The molecule has 0 saturated carbocycles. The summed E-state index contributed by atoms with van der Waals surface area (Å²) in [6.45, 7) is 1.97. The molecule has 0 aliphatic heterocycles. The van der Waals surface area contributed by atoms with Gasteiger partial charge in [0.15, 0.2) is 0 Å². The molecule has 0 amide bonds. The zero-order chi connectivity index (χ0) is 9.42. The van der Waals surface area contributed by atoms with Crippen molar-refractivity contribution in [3.63, 3.8) is 0 Å². The number of thiophene rings is 1. The second-order valence-corrected chi connectivity index (χ2v) is 4.27. The zero-order valence-electron chi connectivity index (χ0n) is 6.97. The highest BCUT2D eigenvalue weighted by molar-refractivity contribution is 7.19. The Kier molecular flexibility index (Phi) is 1.99. The van der Waals surface area contributed by atoms with Crippen LogP contribution in [-0.4, -0.2) is 0 Å². The van der Waals surface area contributed by atoms with Crippen LogP contribution in [0.15, 0.2) is 18.2 Å². The van der Waals surface area contributed by atoms with Gasteiger partial charge in [-0.3, -0.25) is 0 Å². The van der Waals surface area contributed by atoms with Crippen LogP contribution in [0.4, 0.5) is 0 Å². The van der Waals surface area contributed by atoms with Gasteiger partial charge in [0.25, 0.3) is 0 Å². The van der Waals surface area contributed by atoms with Crippen LogP contribution in [-0.2, 0) is 0 Å². The number of nitrogens with zero attached hydrogens (tertiary/aromatic N) is 1. The minimum absolute atomic E-state index is 0.736. The molecule has 0 N–H and O–H groups in total. The van der Waals surface area contributed by atoms with E-state index in [9.17, 15) is 0 Å². The molecule has 1 heterocycles. The predicted octanol–water partition coefficient (Wildman–Crippen LogP) is 3.73. The van der Waals surface area contributed by atoms with Gasteiger partial charge in [-0.05, 0) is 30.0 Å². The van der Waals surface area contributed by atoms with E-state index in [2.05, 4.69) is 6.07 Å². The summed E-state index contributed by atoms with van der Waals surface area (Å²) < 4.78 is 1.11. The van der Waals surface area contributed by atoms with Crippen molar-refractivity contribution >= 4 is 33.0 Å². The zero-order valence-corrected chi connectivity index (χ0v) is 8.54. The number of fused-ring (bicyclic) bond motifs is 1. The van der Waals surface area contributed by atoms with Gasteiger partial charge < -0.3 is 0 Å². The van der Waals surface area contributed by atoms with Crippen molar-refractivity contribution in [3.8, 4) is 6.07 Å². The average Bonchev–Trinajstić information content (AvgIpc) is 2.55. The maximum Gasteiger partial charge on any atom is 0.110 e. The maximum absolute atomic E-state index is 8.73. The lowest BCUT2D eigenvalue weighted by atomic mass is 10.2. The van der Waals surface area contributed by atoms with Crippen LogP contribution >= 0.6 is 22.9 Å². The number of halogens is 1. The fraction of sp³-hybridized carbons (Fsp3) is 0.100. The Morgan fingerprint density at radius 3 is 2.92 bits per heavy atom. The standard InChI is InChI=1S/C10H6ClNS/c1-6-9(11)3-2-7-4-8(5-12)13-10(6)7/h2-4H,1H3. The predicted molar refractivity (Wildman–Crippen MR) is 56.3 cm³/mol. The molecule has 0 spiro atoms. The SMILES string of the molecule is Cc1c(Cl)ccc2cc(C#N)sc12. The van der Waals surface area contributed by atoms with E-state index in [4.69, 9.17) is 16.9 Å². The molecular formula is C10H6ClNS. The van der Waals surface area contributed by atoms with Crippen molar-refractivity contribution in [3.05, 3.63) is 33.7 Å². The molecule has 0 atom stereocenters. The third kappa shape index (κ3) is 1.31. The monoisotopic (exact) mass is 207 g/mol. The second-order valence-electron chi connectivity index (χ2n) is 2.81. The fourth-order valence-corrected chi connectivity index (χ4v) is 2.45. The first kappa shape index (κ1) is 8.55. The molecule has 64 valence electrons. The number of hydrogen-bond donors (Lipinski definition) is 0. The average molecular weight is 208 g/mol. The van der Waals surface area contributed by atoms with Gasteiger partial charge in [0.05, 0.1) is 0 Å². The molecule has 2 rings (SSSR count). The molecule has 2 aromatic rings. The van der Waals surface area contributed by atoms with E-state index >= 15 is 0 Å². The Hall–Kier alpha value is -1.04. The van der Waals surface area contributed by atoms with Crippen LogP contribution in [0.25, 0.3) is 10.1 Å². The summed E-state index contributed by atoms with van der Waals surface area (Å²) in [6, 6.07) is 7.85. The molecule has 0 aliphatic rings. The van der Waals surface area contributed by atoms with Crippen LogP contribution in [0.1, 0.15) is 10.4 Å². The number of rotatable bonds is 0. The van der Waals surface area contributed by atoms with Crippen LogP contribution in [0, 0.1) is 18.3 Å². The first-order valence-electron chi connectivity index (χ1n) is 3.81. The van der Waals surface area contributed by atoms with E-state index in [1.54, 1.807) is 0 Å². The summed E-state index contributed by atoms with van der Waals surface area (Å²) in [7, 11) is 0. The third-order valence-corrected chi connectivity index (χ3v) is 3.56. The van der Waals surface area contributed by atoms with Crippen molar-refractivity contribution in [1.82, 2.24) is 0 Å². The Bertz CT molecular complexity index is 507. The lowest BCUT2D eigenvalue weighted by molar-refractivity contribution is 1.52. The molecule has 0 saturated heterocycles. The van der Waals surface area contributed by atoms with E-state index in [0.717, 1.165) is 25.5 Å². The van der Waals surface area contributed by atoms with E-state index in [-0.39, 0.29) is 0 Å². The second kappa shape index (κ2) is 3.02. The number of aryl methyl sites for hydroxylation is 1. The fourth-order valence-electron chi connectivity index (χ4n) is 1.27. The Morgan fingerprint density at radius 1 is 1.46 bits per heavy atom. The van der Waals surface area contributed by atoms with Crippen molar-refractivity contribution in [2.75, 3.05) is 0 Å². The van der Waals surface area contributed by atoms with E-state index < -0.39 is 0 Å². The van der Waals surface area contributed by atoms with Crippen LogP contribution < -0.4 is 0 Å². The minimum atomic E-state index is 0.736. The molecule has 0 radical (unpaired) electrons. The van der Waals surface area contributed by atoms with E-state index in [0.29, 0.717) is 0 Å². The maximum atomic E-state index is 8.73. The summed E-state index contributed by atoms with van der Waals surface area (Å²) in [5.74, 6) is 0. The number of nitriles is 1. The largest absolute Gasteiger partial charge is 0.192 e. The molecule has 13 heavy (non-hydrogen) atoms. The minimum Gasteiger partial charge on any atom is -0.192 e. The molecule has 1 aromatic carbocycles. The summed E-state index contributed by atoms with van der Waals surface area (Å²) in [5.41, 5.74) is 1.06. The van der Waals surface area contributed by atoms with Gasteiger partial charge in [0.1, 0.15) is 10.9 Å². The van der Waals surface area contributed by atoms with Gasteiger partial charge in [0, 0.05) is 9.72 Å². The highest BCUT2D eigenvalue weighted by Gasteiger charge is 2.05. The number of benzene rings is 1. The molecule has 0 unspecified atom stereocenters. The van der Waals surface area contributed by atoms with Gasteiger partial charge in [-0.15, -0.1) is 11.3 Å². The van der Waals surface area contributed by atoms with Crippen molar-refractivity contribution in [2.24, 2.45) is 0 Å². The van der Waals surface area contributed by atoms with E-state index in [1.807, 2.05) is 25.1 Å². The molecular weight excluding hydrogens is 202 g/mol. The van der Waals surface area contributed by atoms with Gasteiger partial charge in [0.2, 0.25) is 0 Å². The summed E-state index contributed by atoms with van der Waals surface area (Å²) in [6.07, 6.45) is 0. The Labute approximate surface area is 85.2 Å². The van der Waals surface area contributed by atoms with Gasteiger partial charge in [-0.2, -0.15) is 5.26 Å². The van der Waals surface area contributed by atoms with Crippen molar-refractivity contribution in [1.29, 1.82) is 5.26 Å². The Balaban J connectivity index is 2.86. The summed E-state index contributed by atoms with van der Waals surface area (Å²) in [4.78, 5) is 0.736. The van der Waals surface area contributed by atoms with E-state index in [1.165, 1.54) is 11.3 Å². The first-order chi connectivity index (χ1) is 6.22. The first-order valence-corrected chi connectivity index (χ1v) is 5.00. The highest BCUT2D eigenvalue weighted by atomic mass is 35.5. The molecule has 0 aliphatic carbocycles. The van der Waals surface area contributed by atoms with Crippen LogP contribution in [0.5, 0.6) is 0 Å². The topological polar surface area (TPSA) is 23.8 Å². The normalized spacial score (nSPS) is 10.2. The lowest BCUT2D eigenvalue weighted by Crippen LogP contribution is -1.72. The third-order valence-electron chi connectivity index (χ3n) is 1.98. The van der Waals surface area contributed by atoms with Gasteiger partial charge in [-0.1, -0.05) is 17.7 Å². The van der Waals surface area contributed by atoms with Crippen LogP contribution in [0.2, 0.25) is 5.02 Å². The lowest BCUT2D eigenvalue weighted by Gasteiger charge is -1.97. The van der Waals surface area contributed by atoms with Crippen molar-refractivity contribution < 1.29 is 0 Å². The van der Waals surface area contributed by atoms with Crippen molar-refractivity contribution in [2.45, 2.75) is 6.92 Å². The molecule has 1 nitrogen and oxygen atoms in total. The molecule has 1 aromatic heterocycles. The van der Waals surface area contributed by atoms with Gasteiger partial charge in [-0.25, -0.2) is 0 Å².